The van der Waals surface area contributed by atoms with Crippen molar-refractivity contribution in [1.82, 2.24) is 15.0 Å². The SMILES string of the molecule is CCc1cc(CN2CCCC[C@@H]2CN2CCOCC2)on1. The van der Waals surface area contributed by atoms with E-state index in [1.165, 1.54) is 25.8 Å². The van der Waals surface area contributed by atoms with Crippen molar-refractivity contribution in [3.8, 4) is 0 Å². The largest absolute Gasteiger partial charge is 0.379 e. The molecule has 118 valence electrons. The third-order valence-electron chi connectivity index (χ3n) is 4.65. The zero-order chi connectivity index (χ0) is 14.5. The number of piperidine rings is 1. The fourth-order valence-corrected chi connectivity index (χ4v) is 3.35. The van der Waals surface area contributed by atoms with Crippen molar-refractivity contribution in [3.63, 3.8) is 0 Å². The molecule has 0 spiro atoms. The number of rotatable bonds is 5. The van der Waals surface area contributed by atoms with Crippen LogP contribution >= 0.6 is 0 Å². The van der Waals surface area contributed by atoms with E-state index in [9.17, 15) is 0 Å². The Morgan fingerprint density at radius 3 is 2.86 bits per heavy atom. The van der Waals surface area contributed by atoms with Crippen molar-refractivity contribution in [3.05, 3.63) is 17.5 Å². The van der Waals surface area contributed by atoms with E-state index in [0.717, 1.165) is 57.3 Å². The Morgan fingerprint density at radius 2 is 2.10 bits per heavy atom. The van der Waals surface area contributed by atoms with Crippen LogP contribution in [0.1, 0.15) is 37.6 Å². The zero-order valence-electron chi connectivity index (χ0n) is 13.1. The summed E-state index contributed by atoms with van der Waals surface area (Å²) in [5.41, 5.74) is 1.06. The van der Waals surface area contributed by atoms with Crippen molar-refractivity contribution in [2.24, 2.45) is 0 Å². The molecule has 1 aromatic heterocycles. The van der Waals surface area contributed by atoms with Gasteiger partial charge < -0.3 is 9.26 Å². The van der Waals surface area contributed by atoms with Crippen LogP contribution in [0.2, 0.25) is 0 Å². The second-order valence-corrected chi connectivity index (χ2v) is 6.17. The Kier molecular flexibility index (Phi) is 5.27. The average Bonchev–Trinajstić information content (AvgIpc) is 2.98. The minimum absolute atomic E-state index is 0.645. The van der Waals surface area contributed by atoms with Gasteiger partial charge in [-0.1, -0.05) is 18.5 Å². The molecule has 0 unspecified atom stereocenters. The van der Waals surface area contributed by atoms with Crippen LogP contribution in [0.25, 0.3) is 0 Å². The van der Waals surface area contributed by atoms with Gasteiger partial charge in [0, 0.05) is 31.7 Å². The maximum Gasteiger partial charge on any atom is 0.150 e. The summed E-state index contributed by atoms with van der Waals surface area (Å²) in [5, 5.41) is 4.11. The molecular weight excluding hydrogens is 266 g/mol. The lowest BCUT2D eigenvalue weighted by molar-refractivity contribution is 0.0139. The summed E-state index contributed by atoms with van der Waals surface area (Å²) < 4.78 is 10.9. The standard InChI is InChI=1S/C16H27N3O2/c1-2-14-11-16(21-17-14)13-19-6-4-3-5-15(19)12-18-7-9-20-10-8-18/h11,15H,2-10,12-13H2,1H3/t15-/m1/s1. The molecule has 5 heteroatoms. The van der Waals surface area contributed by atoms with Gasteiger partial charge in [-0.05, 0) is 25.8 Å². The molecule has 2 aliphatic rings. The Hall–Kier alpha value is -0.910. The van der Waals surface area contributed by atoms with Gasteiger partial charge >= 0.3 is 0 Å². The zero-order valence-corrected chi connectivity index (χ0v) is 13.1. The van der Waals surface area contributed by atoms with Gasteiger partial charge in [0.05, 0.1) is 25.5 Å². The molecule has 0 radical (unpaired) electrons. The first kappa shape index (κ1) is 15.0. The number of aryl methyl sites for hydroxylation is 1. The van der Waals surface area contributed by atoms with Crippen LogP contribution in [0.4, 0.5) is 0 Å². The Morgan fingerprint density at radius 1 is 1.24 bits per heavy atom. The maximum absolute atomic E-state index is 5.47. The lowest BCUT2D eigenvalue weighted by Crippen LogP contribution is -2.49. The number of likely N-dealkylation sites (tertiary alicyclic amines) is 1. The van der Waals surface area contributed by atoms with Crippen LogP contribution in [0.3, 0.4) is 0 Å². The van der Waals surface area contributed by atoms with E-state index in [1.54, 1.807) is 0 Å². The molecule has 2 aliphatic heterocycles. The second kappa shape index (κ2) is 7.38. The van der Waals surface area contributed by atoms with E-state index >= 15 is 0 Å². The summed E-state index contributed by atoms with van der Waals surface area (Å²) >= 11 is 0. The molecule has 3 rings (SSSR count). The van der Waals surface area contributed by atoms with E-state index in [1.807, 2.05) is 0 Å². The van der Waals surface area contributed by atoms with Gasteiger partial charge in [0.2, 0.25) is 0 Å². The highest BCUT2D eigenvalue weighted by Crippen LogP contribution is 2.21. The Labute approximate surface area is 127 Å². The smallest absolute Gasteiger partial charge is 0.150 e. The minimum atomic E-state index is 0.645. The summed E-state index contributed by atoms with van der Waals surface area (Å²) in [7, 11) is 0. The van der Waals surface area contributed by atoms with Crippen LogP contribution in [-0.2, 0) is 17.7 Å². The normalized spacial score (nSPS) is 25.3. The molecule has 2 fully saturated rings. The van der Waals surface area contributed by atoms with Gasteiger partial charge in [-0.2, -0.15) is 0 Å². The molecule has 3 heterocycles. The van der Waals surface area contributed by atoms with E-state index < -0.39 is 0 Å². The van der Waals surface area contributed by atoms with Crippen molar-refractivity contribution in [2.45, 2.75) is 45.2 Å². The molecule has 0 bridgehead atoms. The summed E-state index contributed by atoms with van der Waals surface area (Å²) in [6.45, 7) is 9.28. The third kappa shape index (κ3) is 4.05. The van der Waals surface area contributed by atoms with Gasteiger partial charge in [0.15, 0.2) is 5.76 Å². The molecule has 1 aromatic rings. The molecule has 5 nitrogen and oxygen atoms in total. The van der Waals surface area contributed by atoms with Gasteiger partial charge in [-0.3, -0.25) is 9.80 Å². The number of hydrogen-bond acceptors (Lipinski definition) is 5. The Bertz CT molecular complexity index is 429. The average molecular weight is 293 g/mol. The number of aromatic nitrogens is 1. The second-order valence-electron chi connectivity index (χ2n) is 6.17. The summed E-state index contributed by atoms with van der Waals surface area (Å²) in [6, 6.07) is 2.76. The topological polar surface area (TPSA) is 41.7 Å². The summed E-state index contributed by atoms with van der Waals surface area (Å²) in [6.07, 6.45) is 4.89. The number of nitrogens with zero attached hydrogens (tertiary/aromatic N) is 3. The van der Waals surface area contributed by atoms with Crippen LogP contribution in [0, 0.1) is 0 Å². The molecule has 0 aromatic carbocycles. The van der Waals surface area contributed by atoms with Crippen molar-refractivity contribution in [2.75, 3.05) is 39.4 Å². The number of morpholine rings is 1. The predicted molar refractivity (Wildman–Crippen MR) is 81.2 cm³/mol. The highest BCUT2D eigenvalue weighted by Gasteiger charge is 2.26. The van der Waals surface area contributed by atoms with Crippen molar-refractivity contribution < 1.29 is 9.26 Å². The van der Waals surface area contributed by atoms with Crippen LogP contribution in [-0.4, -0.2) is 60.4 Å². The van der Waals surface area contributed by atoms with Gasteiger partial charge in [-0.25, -0.2) is 0 Å². The molecule has 0 amide bonds. The molecule has 0 aliphatic carbocycles. The molecule has 2 saturated heterocycles. The minimum Gasteiger partial charge on any atom is -0.379 e. The quantitative estimate of drug-likeness (QED) is 0.830. The monoisotopic (exact) mass is 293 g/mol. The highest BCUT2D eigenvalue weighted by molar-refractivity contribution is 5.05. The van der Waals surface area contributed by atoms with Gasteiger partial charge in [0.1, 0.15) is 0 Å². The van der Waals surface area contributed by atoms with Crippen molar-refractivity contribution >= 4 is 0 Å². The predicted octanol–water partition coefficient (Wildman–Crippen LogP) is 1.92. The molecular formula is C16H27N3O2. The van der Waals surface area contributed by atoms with E-state index in [4.69, 9.17) is 9.26 Å². The van der Waals surface area contributed by atoms with Gasteiger partial charge in [0.25, 0.3) is 0 Å². The van der Waals surface area contributed by atoms with Crippen LogP contribution in [0.15, 0.2) is 10.6 Å². The maximum atomic E-state index is 5.47. The lowest BCUT2D eigenvalue weighted by Gasteiger charge is -2.39. The fourth-order valence-electron chi connectivity index (χ4n) is 3.35. The van der Waals surface area contributed by atoms with Crippen LogP contribution < -0.4 is 0 Å². The van der Waals surface area contributed by atoms with E-state index in [2.05, 4.69) is 27.9 Å². The Balaban J connectivity index is 1.57. The third-order valence-corrected chi connectivity index (χ3v) is 4.65. The first-order chi connectivity index (χ1) is 10.3. The summed E-state index contributed by atoms with van der Waals surface area (Å²) in [5.74, 6) is 1.01. The molecule has 1 atom stereocenters. The highest BCUT2D eigenvalue weighted by atomic mass is 16.5. The fraction of sp³-hybridized carbons (Fsp3) is 0.812. The van der Waals surface area contributed by atoms with E-state index in [0.29, 0.717) is 6.04 Å². The number of ether oxygens (including phenoxy) is 1. The van der Waals surface area contributed by atoms with Crippen LogP contribution in [0.5, 0.6) is 0 Å². The van der Waals surface area contributed by atoms with Crippen molar-refractivity contribution in [1.29, 1.82) is 0 Å². The lowest BCUT2D eigenvalue weighted by atomic mass is 10.0. The molecule has 0 saturated carbocycles. The molecule has 0 N–H and O–H groups in total. The van der Waals surface area contributed by atoms with E-state index in [-0.39, 0.29) is 0 Å². The number of hydrogen-bond donors (Lipinski definition) is 0. The van der Waals surface area contributed by atoms with Gasteiger partial charge in [-0.15, -0.1) is 0 Å². The summed E-state index contributed by atoms with van der Waals surface area (Å²) in [4.78, 5) is 5.13. The first-order valence-electron chi connectivity index (χ1n) is 8.34. The first-order valence-corrected chi connectivity index (χ1v) is 8.34. The molecule has 21 heavy (non-hydrogen) atoms.